The van der Waals surface area contributed by atoms with Crippen molar-refractivity contribution < 1.29 is 38.1 Å². The standard InChI is InChI=1S/C28H37NO8/c1-6-7-9-14-24(20(3)36-22-12-10-8-11-13-22)37-28(32)19(2)17-23(31)26-27(35-18-34-21(4)30)25(33-5)15-16-29-26/h8,10-13,15-16,19-20,24H,6-7,9,14,17-18H2,1-5H3/t19-,20+,24+/m1/s1. The number of ether oxygens (including phenoxy) is 5. The number of methoxy groups -OCH3 is 1. The lowest BCUT2D eigenvalue weighted by Crippen LogP contribution is -2.35. The zero-order chi connectivity index (χ0) is 27.2. The molecule has 0 aliphatic rings. The van der Waals surface area contributed by atoms with Gasteiger partial charge >= 0.3 is 11.9 Å². The predicted octanol–water partition coefficient (Wildman–Crippen LogP) is 5.16. The molecule has 0 saturated heterocycles. The number of rotatable bonds is 16. The number of benzene rings is 1. The molecule has 0 saturated carbocycles. The van der Waals surface area contributed by atoms with Gasteiger partial charge in [-0.05, 0) is 31.9 Å². The van der Waals surface area contributed by atoms with E-state index in [4.69, 9.17) is 23.7 Å². The maximum absolute atomic E-state index is 13.1. The number of ketones is 1. The Balaban J connectivity index is 2.08. The summed E-state index contributed by atoms with van der Waals surface area (Å²) in [5.41, 5.74) is -0.0218. The molecule has 3 atom stereocenters. The number of aromatic nitrogens is 1. The molecule has 0 N–H and O–H groups in total. The normalized spacial score (nSPS) is 13.1. The maximum Gasteiger partial charge on any atom is 0.309 e. The van der Waals surface area contributed by atoms with Crippen molar-refractivity contribution in [3.8, 4) is 17.2 Å². The van der Waals surface area contributed by atoms with Gasteiger partial charge in [-0.25, -0.2) is 4.98 Å². The zero-order valence-electron chi connectivity index (χ0n) is 22.2. The second-order valence-corrected chi connectivity index (χ2v) is 8.72. The number of pyridine rings is 1. The number of Topliss-reactive ketones (excluding diaryl/α,β-unsaturated/α-hetero) is 1. The van der Waals surface area contributed by atoms with Crippen LogP contribution in [0.3, 0.4) is 0 Å². The lowest BCUT2D eigenvalue weighted by Gasteiger charge is -2.26. The Bertz CT molecular complexity index is 1010. The molecule has 37 heavy (non-hydrogen) atoms. The highest BCUT2D eigenvalue weighted by Gasteiger charge is 2.29. The molecule has 202 valence electrons. The van der Waals surface area contributed by atoms with E-state index in [1.807, 2.05) is 37.3 Å². The molecule has 1 aromatic heterocycles. The van der Waals surface area contributed by atoms with E-state index in [0.717, 1.165) is 19.3 Å². The molecular formula is C28H37NO8. The molecule has 0 unspecified atom stereocenters. The second-order valence-electron chi connectivity index (χ2n) is 8.72. The summed E-state index contributed by atoms with van der Waals surface area (Å²) in [5, 5.41) is 0. The van der Waals surface area contributed by atoms with Gasteiger partial charge in [0.25, 0.3) is 0 Å². The van der Waals surface area contributed by atoms with Gasteiger partial charge in [0.1, 0.15) is 18.0 Å². The number of esters is 2. The third-order valence-corrected chi connectivity index (χ3v) is 5.66. The number of para-hydroxylation sites is 1. The third kappa shape index (κ3) is 9.74. The van der Waals surface area contributed by atoms with Gasteiger partial charge in [0, 0.05) is 25.6 Å². The summed E-state index contributed by atoms with van der Waals surface area (Å²) >= 11 is 0. The van der Waals surface area contributed by atoms with Gasteiger partial charge in [0.15, 0.2) is 23.0 Å². The van der Waals surface area contributed by atoms with Crippen molar-refractivity contribution in [2.24, 2.45) is 5.92 Å². The predicted molar refractivity (Wildman–Crippen MR) is 137 cm³/mol. The number of unbranched alkanes of at least 4 members (excludes halogenated alkanes) is 2. The van der Waals surface area contributed by atoms with Crippen molar-refractivity contribution in [1.82, 2.24) is 4.98 Å². The van der Waals surface area contributed by atoms with Crippen LogP contribution in [-0.2, 0) is 19.1 Å². The van der Waals surface area contributed by atoms with Gasteiger partial charge < -0.3 is 23.7 Å². The van der Waals surface area contributed by atoms with Gasteiger partial charge in [-0.2, -0.15) is 0 Å². The number of hydrogen-bond acceptors (Lipinski definition) is 9. The number of nitrogens with zero attached hydrogens (tertiary/aromatic N) is 1. The van der Waals surface area contributed by atoms with Crippen LogP contribution in [-0.4, -0.2) is 48.8 Å². The van der Waals surface area contributed by atoms with E-state index in [1.54, 1.807) is 6.92 Å². The topological polar surface area (TPSA) is 110 Å². The highest BCUT2D eigenvalue weighted by molar-refractivity contribution is 5.99. The van der Waals surface area contributed by atoms with E-state index in [0.29, 0.717) is 12.2 Å². The van der Waals surface area contributed by atoms with Gasteiger partial charge in [-0.15, -0.1) is 0 Å². The SMILES string of the molecule is CCCCC[C@H](OC(=O)[C@H](C)CC(=O)c1nccc(OC)c1OCOC(C)=O)[C@H](C)Oc1ccccc1. The van der Waals surface area contributed by atoms with E-state index >= 15 is 0 Å². The molecule has 9 heteroatoms. The third-order valence-electron chi connectivity index (χ3n) is 5.66. The monoisotopic (exact) mass is 515 g/mol. The van der Waals surface area contributed by atoms with E-state index < -0.39 is 36.5 Å². The summed E-state index contributed by atoms with van der Waals surface area (Å²) in [6.45, 7) is 6.44. The van der Waals surface area contributed by atoms with Crippen LogP contribution in [0.1, 0.15) is 70.3 Å². The minimum Gasteiger partial charge on any atom is -0.493 e. The largest absolute Gasteiger partial charge is 0.493 e. The molecule has 2 aromatic rings. The molecule has 0 aliphatic heterocycles. The fourth-order valence-electron chi connectivity index (χ4n) is 3.60. The van der Waals surface area contributed by atoms with Crippen LogP contribution in [0.2, 0.25) is 0 Å². The Kier molecular flexibility index (Phi) is 12.4. The molecule has 0 radical (unpaired) electrons. The van der Waals surface area contributed by atoms with Crippen LogP contribution < -0.4 is 14.2 Å². The first-order valence-corrected chi connectivity index (χ1v) is 12.5. The van der Waals surface area contributed by atoms with Crippen molar-refractivity contribution in [3.05, 3.63) is 48.3 Å². The maximum atomic E-state index is 13.1. The van der Waals surface area contributed by atoms with Gasteiger partial charge in [0.05, 0.1) is 13.0 Å². The minimum absolute atomic E-state index is 0.0218. The molecule has 1 heterocycles. The highest BCUT2D eigenvalue weighted by Crippen LogP contribution is 2.31. The van der Waals surface area contributed by atoms with Crippen LogP contribution in [0.4, 0.5) is 0 Å². The average molecular weight is 516 g/mol. The molecule has 1 aromatic carbocycles. The van der Waals surface area contributed by atoms with Crippen molar-refractivity contribution in [1.29, 1.82) is 0 Å². The quantitative estimate of drug-likeness (QED) is 0.130. The Labute approximate surface area is 218 Å². The smallest absolute Gasteiger partial charge is 0.309 e. The van der Waals surface area contributed by atoms with Gasteiger partial charge in [0.2, 0.25) is 6.79 Å². The first-order chi connectivity index (χ1) is 17.8. The molecule has 0 amide bonds. The fourth-order valence-corrected chi connectivity index (χ4v) is 3.60. The molecule has 2 rings (SSSR count). The summed E-state index contributed by atoms with van der Waals surface area (Å²) in [7, 11) is 1.42. The van der Waals surface area contributed by atoms with Crippen LogP contribution in [0.15, 0.2) is 42.6 Å². The summed E-state index contributed by atoms with van der Waals surface area (Å²) < 4.78 is 27.4. The van der Waals surface area contributed by atoms with E-state index in [1.165, 1.54) is 26.3 Å². The van der Waals surface area contributed by atoms with E-state index in [9.17, 15) is 14.4 Å². The number of carbonyl (C=O) groups excluding carboxylic acids is 3. The second kappa shape index (κ2) is 15.5. The van der Waals surface area contributed by atoms with Gasteiger partial charge in [-0.1, -0.05) is 44.9 Å². The Morgan fingerprint density at radius 2 is 1.76 bits per heavy atom. The Morgan fingerprint density at radius 3 is 2.41 bits per heavy atom. The highest BCUT2D eigenvalue weighted by atomic mass is 16.7. The zero-order valence-corrected chi connectivity index (χ0v) is 22.2. The first-order valence-electron chi connectivity index (χ1n) is 12.5. The van der Waals surface area contributed by atoms with Crippen molar-refractivity contribution in [2.45, 2.75) is 72.0 Å². The molecule has 0 fully saturated rings. The minimum atomic E-state index is -0.737. The Morgan fingerprint density at radius 1 is 1.03 bits per heavy atom. The van der Waals surface area contributed by atoms with Crippen LogP contribution >= 0.6 is 0 Å². The Hall–Kier alpha value is -3.62. The summed E-state index contributed by atoms with van der Waals surface area (Å²) in [6, 6.07) is 10.9. The summed E-state index contributed by atoms with van der Waals surface area (Å²) in [5.74, 6) is -1.21. The van der Waals surface area contributed by atoms with Crippen LogP contribution in [0.5, 0.6) is 17.2 Å². The van der Waals surface area contributed by atoms with E-state index in [2.05, 4.69) is 11.9 Å². The summed E-state index contributed by atoms with van der Waals surface area (Å²) in [6.07, 6.45) is 4.01. The van der Waals surface area contributed by atoms with Gasteiger partial charge in [-0.3, -0.25) is 14.4 Å². The van der Waals surface area contributed by atoms with E-state index in [-0.39, 0.29) is 29.7 Å². The fraction of sp³-hybridized carbons (Fsp3) is 0.500. The van der Waals surface area contributed by atoms with Crippen LogP contribution in [0.25, 0.3) is 0 Å². The lowest BCUT2D eigenvalue weighted by atomic mass is 10.0. The number of carbonyl (C=O) groups is 3. The van der Waals surface area contributed by atoms with Crippen molar-refractivity contribution in [2.75, 3.05) is 13.9 Å². The first kappa shape index (κ1) is 29.6. The van der Waals surface area contributed by atoms with Crippen LogP contribution in [0, 0.1) is 5.92 Å². The molecule has 0 aliphatic carbocycles. The molecule has 9 nitrogen and oxygen atoms in total. The molecular weight excluding hydrogens is 478 g/mol. The average Bonchev–Trinajstić information content (AvgIpc) is 2.88. The van der Waals surface area contributed by atoms with Crippen molar-refractivity contribution >= 4 is 17.7 Å². The summed E-state index contributed by atoms with van der Waals surface area (Å²) in [4.78, 5) is 41.3. The molecule has 0 spiro atoms. The lowest BCUT2D eigenvalue weighted by molar-refractivity contribution is -0.158. The molecule has 0 bridgehead atoms. The number of hydrogen-bond donors (Lipinski definition) is 0. The van der Waals surface area contributed by atoms with Crippen molar-refractivity contribution in [3.63, 3.8) is 0 Å².